The number of hydrogen-bond donors (Lipinski definition) is 1. The van der Waals surface area contributed by atoms with Gasteiger partial charge in [-0.3, -0.25) is 4.79 Å². The van der Waals surface area contributed by atoms with Crippen molar-refractivity contribution in [3.63, 3.8) is 0 Å². The summed E-state index contributed by atoms with van der Waals surface area (Å²) in [5.74, 6) is -0.191. The molecule has 1 aromatic heterocycles. The quantitative estimate of drug-likeness (QED) is 0.929. The number of aromatic nitrogens is 1. The Labute approximate surface area is 114 Å². The fourth-order valence-electron chi connectivity index (χ4n) is 1.26. The van der Waals surface area contributed by atoms with Crippen molar-refractivity contribution in [3.05, 3.63) is 36.3 Å². The van der Waals surface area contributed by atoms with Gasteiger partial charge in [0, 0.05) is 12.0 Å². The smallest absolute Gasteiger partial charge is 0.228 e. The Kier molecular flexibility index (Phi) is 4.11. The SMILES string of the molecule is CC(C)C(=O)Nc1ncc(Oc2cccc(F)c2)s1. The Hall–Kier alpha value is -1.95. The lowest BCUT2D eigenvalue weighted by atomic mass is 10.2. The van der Waals surface area contributed by atoms with Gasteiger partial charge >= 0.3 is 0 Å². The number of rotatable bonds is 4. The summed E-state index contributed by atoms with van der Waals surface area (Å²) in [5, 5.41) is 3.63. The van der Waals surface area contributed by atoms with Gasteiger partial charge in [0.05, 0.1) is 6.20 Å². The first kappa shape index (κ1) is 13.5. The van der Waals surface area contributed by atoms with E-state index in [0.717, 1.165) is 0 Å². The van der Waals surface area contributed by atoms with Crippen molar-refractivity contribution in [2.75, 3.05) is 5.32 Å². The number of benzene rings is 1. The number of carbonyl (C=O) groups excluding carboxylic acids is 1. The summed E-state index contributed by atoms with van der Waals surface area (Å²) in [4.78, 5) is 15.5. The summed E-state index contributed by atoms with van der Waals surface area (Å²) >= 11 is 1.19. The minimum absolute atomic E-state index is 0.105. The Morgan fingerprint density at radius 3 is 2.95 bits per heavy atom. The Morgan fingerprint density at radius 1 is 1.47 bits per heavy atom. The van der Waals surface area contributed by atoms with Gasteiger partial charge in [-0.25, -0.2) is 9.37 Å². The van der Waals surface area contributed by atoms with Crippen LogP contribution in [0.5, 0.6) is 10.8 Å². The maximum Gasteiger partial charge on any atom is 0.228 e. The van der Waals surface area contributed by atoms with E-state index in [1.54, 1.807) is 26.0 Å². The van der Waals surface area contributed by atoms with Crippen LogP contribution in [0.2, 0.25) is 0 Å². The highest BCUT2D eigenvalue weighted by atomic mass is 32.1. The number of halogens is 1. The lowest BCUT2D eigenvalue weighted by molar-refractivity contribution is -0.118. The van der Waals surface area contributed by atoms with Gasteiger partial charge in [-0.2, -0.15) is 0 Å². The summed E-state index contributed by atoms with van der Waals surface area (Å²) in [6.45, 7) is 3.60. The third-order valence-electron chi connectivity index (χ3n) is 2.25. The molecule has 0 saturated heterocycles. The van der Waals surface area contributed by atoms with E-state index in [2.05, 4.69) is 10.3 Å². The number of anilines is 1. The molecule has 0 bridgehead atoms. The standard InChI is InChI=1S/C13H13FN2O2S/c1-8(2)12(17)16-13-15-7-11(19-13)18-10-5-3-4-9(14)6-10/h3-8H,1-2H3,(H,15,16,17). The Bertz CT molecular complexity index is 584. The topological polar surface area (TPSA) is 51.2 Å². The average Bonchev–Trinajstić information content (AvgIpc) is 2.76. The van der Waals surface area contributed by atoms with Crippen LogP contribution in [0.3, 0.4) is 0 Å². The lowest BCUT2D eigenvalue weighted by Gasteiger charge is -2.03. The average molecular weight is 280 g/mol. The second-order valence-electron chi connectivity index (χ2n) is 4.19. The van der Waals surface area contributed by atoms with E-state index in [-0.39, 0.29) is 17.6 Å². The molecule has 0 radical (unpaired) electrons. The lowest BCUT2D eigenvalue weighted by Crippen LogP contribution is -2.17. The van der Waals surface area contributed by atoms with Crippen molar-refractivity contribution < 1.29 is 13.9 Å². The minimum atomic E-state index is -0.365. The summed E-state index contributed by atoms with van der Waals surface area (Å²) in [7, 11) is 0. The molecule has 0 unspecified atom stereocenters. The maximum atomic E-state index is 13.0. The van der Waals surface area contributed by atoms with Crippen LogP contribution in [-0.2, 0) is 4.79 Å². The zero-order valence-corrected chi connectivity index (χ0v) is 11.3. The highest BCUT2D eigenvalue weighted by Crippen LogP contribution is 2.30. The number of nitrogens with one attached hydrogen (secondary N) is 1. The number of ether oxygens (including phenoxy) is 1. The van der Waals surface area contributed by atoms with Crippen molar-refractivity contribution in [1.82, 2.24) is 4.98 Å². The van der Waals surface area contributed by atoms with E-state index >= 15 is 0 Å². The monoisotopic (exact) mass is 280 g/mol. The van der Waals surface area contributed by atoms with Crippen molar-refractivity contribution in [2.24, 2.45) is 5.92 Å². The molecule has 100 valence electrons. The first-order valence-electron chi connectivity index (χ1n) is 5.74. The summed E-state index contributed by atoms with van der Waals surface area (Å²) in [5.41, 5.74) is 0. The molecule has 2 aromatic rings. The molecule has 0 spiro atoms. The van der Waals surface area contributed by atoms with E-state index in [1.807, 2.05) is 0 Å². The molecular weight excluding hydrogens is 267 g/mol. The van der Waals surface area contributed by atoms with Crippen LogP contribution in [0.15, 0.2) is 30.5 Å². The molecule has 2 rings (SSSR count). The summed E-state index contributed by atoms with van der Waals surface area (Å²) in [6, 6.07) is 5.84. The van der Waals surface area contributed by atoms with Crippen LogP contribution in [0, 0.1) is 11.7 Å². The molecule has 0 aliphatic carbocycles. The molecule has 1 aromatic carbocycles. The summed E-state index contributed by atoms with van der Waals surface area (Å²) < 4.78 is 18.4. The van der Waals surface area contributed by atoms with Crippen molar-refractivity contribution in [3.8, 4) is 10.8 Å². The highest BCUT2D eigenvalue weighted by Gasteiger charge is 2.10. The van der Waals surface area contributed by atoms with Gasteiger partial charge in [0.25, 0.3) is 0 Å². The van der Waals surface area contributed by atoms with E-state index in [4.69, 9.17) is 4.74 Å². The van der Waals surface area contributed by atoms with Crippen molar-refractivity contribution >= 4 is 22.4 Å². The van der Waals surface area contributed by atoms with E-state index < -0.39 is 0 Å². The minimum Gasteiger partial charge on any atom is -0.445 e. The van der Waals surface area contributed by atoms with E-state index in [0.29, 0.717) is 15.9 Å². The number of thiazole rings is 1. The fourth-order valence-corrected chi connectivity index (χ4v) is 1.95. The van der Waals surface area contributed by atoms with Crippen LogP contribution < -0.4 is 10.1 Å². The number of amides is 1. The van der Waals surface area contributed by atoms with Crippen molar-refractivity contribution in [2.45, 2.75) is 13.8 Å². The van der Waals surface area contributed by atoms with Gasteiger partial charge in [0.15, 0.2) is 5.13 Å². The van der Waals surface area contributed by atoms with Gasteiger partial charge in [-0.15, -0.1) is 0 Å². The number of hydrogen-bond acceptors (Lipinski definition) is 4. The van der Waals surface area contributed by atoms with Crippen LogP contribution >= 0.6 is 11.3 Å². The molecule has 1 heterocycles. The predicted octanol–water partition coefficient (Wildman–Crippen LogP) is 3.67. The molecule has 0 fully saturated rings. The van der Waals surface area contributed by atoms with Gasteiger partial charge in [0.1, 0.15) is 11.6 Å². The van der Waals surface area contributed by atoms with E-state index in [1.165, 1.54) is 29.7 Å². The largest absolute Gasteiger partial charge is 0.445 e. The second kappa shape index (κ2) is 5.79. The molecule has 19 heavy (non-hydrogen) atoms. The maximum absolute atomic E-state index is 13.0. The molecule has 6 heteroatoms. The van der Waals surface area contributed by atoms with Crippen LogP contribution in [-0.4, -0.2) is 10.9 Å². The van der Waals surface area contributed by atoms with Gasteiger partial charge in [-0.05, 0) is 12.1 Å². The zero-order chi connectivity index (χ0) is 13.8. The van der Waals surface area contributed by atoms with E-state index in [9.17, 15) is 9.18 Å². The molecule has 1 N–H and O–H groups in total. The molecular formula is C13H13FN2O2S. The normalized spacial score (nSPS) is 10.5. The van der Waals surface area contributed by atoms with Crippen LogP contribution in [0.4, 0.5) is 9.52 Å². The fraction of sp³-hybridized carbons (Fsp3) is 0.231. The molecule has 0 saturated carbocycles. The molecule has 0 aliphatic heterocycles. The molecule has 1 amide bonds. The third-order valence-corrected chi connectivity index (χ3v) is 3.04. The third kappa shape index (κ3) is 3.75. The second-order valence-corrected chi connectivity index (χ2v) is 5.18. The van der Waals surface area contributed by atoms with Crippen LogP contribution in [0.1, 0.15) is 13.8 Å². The number of carbonyl (C=O) groups is 1. The Morgan fingerprint density at radius 2 is 2.26 bits per heavy atom. The van der Waals surface area contributed by atoms with Gasteiger partial charge < -0.3 is 10.1 Å². The molecule has 0 atom stereocenters. The van der Waals surface area contributed by atoms with Gasteiger partial charge in [-0.1, -0.05) is 31.3 Å². The highest BCUT2D eigenvalue weighted by molar-refractivity contribution is 7.17. The van der Waals surface area contributed by atoms with Crippen molar-refractivity contribution in [1.29, 1.82) is 0 Å². The first-order chi connectivity index (χ1) is 9.04. The number of nitrogens with zero attached hydrogens (tertiary/aromatic N) is 1. The first-order valence-corrected chi connectivity index (χ1v) is 6.56. The Balaban J connectivity index is 2.03. The molecule has 4 nitrogen and oxygen atoms in total. The zero-order valence-electron chi connectivity index (χ0n) is 10.5. The molecule has 0 aliphatic rings. The predicted molar refractivity (Wildman–Crippen MR) is 72.1 cm³/mol. The summed E-state index contributed by atoms with van der Waals surface area (Å²) in [6.07, 6.45) is 1.49. The van der Waals surface area contributed by atoms with Crippen LogP contribution in [0.25, 0.3) is 0 Å². The van der Waals surface area contributed by atoms with Gasteiger partial charge in [0.2, 0.25) is 11.0 Å².